The molecule has 0 spiro atoms. The molecule has 0 bridgehead atoms. The van der Waals surface area contributed by atoms with Crippen LogP contribution in [0.4, 0.5) is 0 Å². The quantitative estimate of drug-likeness (QED) is 0.904. The van der Waals surface area contributed by atoms with Crippen LogP contribution < -0.4 is 0 Å². The Labute approximate surface area is 147 Å². The molecule has 2 fully saturated rings. The number of hydrogen-bond donors (Lipinski definition) is 1. The number of piperidine rings is 1. The molecule has 2 aliphatic heterocycles. The molecule has 0 saturated carbocycles. The molecule has 0 aromatic carbocycles. The van der Waals surface area contributed by atoms with Gasteiger partial charge in [0.1, 0.15) is 0 Å². The van der Waals surface area contributed by atoms with E-state index in [0.29, 0.717) is 6.04 Å². The molecule has 6 heteroatoms. The molecule has 5 nitrogen and oxygen atoms in total. The molecule has 0 amide bonds. The van der Waals surface area contributed by atoms with Crippen LogP contribution in [0.25, 0.3) is 10.6 Å². The van der Waals surface area contributed by atoms with Crippen molar-refractivity contribution in [1.82, 2.24) is 20.0 Å². The van der Waals surface area contributed by atoms with Gasteiger partial charge in [0.15, 0.2) is 0 Å². The van der Waals surface area contributed by atoms with Crippen molar-refractivity contribution in [3.05, 3.63) is 29.3 Å². The van der Waals surface area contributed by atoms with Crippen molar-refractivity contribution < 1.29 is 4.74 Å². The van der Waals surface area contributed by atoms with E-state index in [1.54, 1.807) is 0 Å². The number of thiophene rings is 1. The van der Waals surface area contributed by atoms with E-state index in [1.165, 1.54) is 42.1 Å². The minimum atomic E-state index is 0.689. The third-order valence-corrected chi connectivity index (χ3v) is 6.21. The smallest absolute Gasteiger partial charge is 0.0749 e. The van der Waals surface area contributed by atoms with Gasteiger partial charge in [-0.05, 0) is 37.6 Å². The van der Waals surface area contributed by atoms with Gasteiger partial charge >= 0.3 is 0 Å². The van der Waals surface area contributed by atoms with Crippen LogP contribution in [0.3, 0.4) is 0 Å². The molecule has 0 aliphatic carbocycles. The van der Waals surface area contributed by atoms with Gasteiger partial charge in [-0.2, -0.15) is 5.10 Å². The van der Waals surface area contributed by atoms with Crippen LogP contribution in [0.1, 0.15) is 24.1 Å². The monoisotopic (exact) mass is 346 g/mol. The lowest BCUT2D eigenvalue weighted by atomic mass is 10.0. The third kappa shape index (κ3) is 3.88. The lowest BCUT2D eigenvalue weighted by Gasteiger charge is -2.39. The van der Waals surface area contributed by atoms with E-state index in [2.05, 4.69) is 32.1 Å². The Bertz CT molecular complexity index is 621. The number of rotatable bonds is 5. The van der Waals surface area contributed by atoms with Gasteiger partial charge in [-0.15, -0.1) is 11.3 Å². The van der Waals surface area contributed by atoms with E-state index in [0.717, 1.165) is 38.5 Å². The van der Waals surface area contributed by atoms with E-state index in [-0.39, 0.29) is 0 Å². The number of morpholine rings is 1. The Balaban J connectivity index is 1.39. The second kappa shape index (κ2) is 7.78. The summed E-state index contributed by atoms with van der Waals surface area (Å²) in [7, 11) is 0. The Morgan fingerprint density at radius 3 is 2.92 bits per heavy atom. The maximum atomic E-state index is 5.49. The summed E-state index contributed by atoms with van der Waals surface area (Å²) in [4.78, 5) is 8.01. The van der Waals surface area contributed by atoms with Crippen molar-refractivity contribution in [1.29, 1.82) is 0 Å². The molecule has 2 saturated heterocycles. The molecule has 0 radical (unpaired) electrons. The van der Waals surface area contributed by atoms with Crippen LogP contribution in [0, 0.1) is 0 Å². The SMILES string of the molecule is c1cc(-c2ccc(CN3CCCCC3CN3CCOCC3)s2)[nH]n1. The molecule has 2 aromatic heterocycles. The standard InChI is InChI=1S/C18H26N4OS/c1-2-8-22(15(3-1)13-21-9-11-23-12-10-21)14-16-4-5-18(24-16)17-6-7-19-20-17/h4-7,15H,1-3,8-14H2,(H,19,20). The molecule has 1 N–H and O–H groups in total. The number of aromatic nitrogens is 2. The first-order valence-electron chi connectivity index (χ1n) is 9.01. The van der Waals surface area contributed by atoms with E-state index in [4.69, 9.17) is 4.74 Å². The van der Waals surface area contributed by atoms with Crippen LogP contribution in [0.15, 0.2) is 24.4 Å². The van der Waals surface area contributed by atoms with Crippen molar-refractivity contribution in [2.24, 2.45) is 0 Å². The predicted molar refractivity (Wildman–Crippen MR) is 97.2 cm³/mol. The third-order valence-electron chi connectivity index (χ3n) is 5.11. The van der Waals surface area contributed by atoms with Gasteiger partial charge in [0.05, 0.1) is 23.8 Å². The number of likely N-dealkylation sites (tertiary alicyclic amines) is 1. The fraction of sp³-hybridized carbons (Fsp3) is 0.611. The molecular weight excluding hydrogens is 320 g/mol. The Morgan fingerprint density at radius 1 is 1.17 bits per heavy atom. The summed E-state index contributed by atoms with van der Waals surface area (Å²) in [5.41, 5.74) is 1.12. The molecule has 24 heavy (non-hydrogen) atoms. The summed E-state index contributed by atoms with van der Waals surface area (Å²) in [5, 5.41) is 7.12. The summed E-state index contributed by atoms with van der Waals surface area (Å²) in [5.74, 6) is 0. The predicted octanol–water partition coefficient (Wildman–Crippen LogP) is 2.82. The van der Waals surface area contributed by atoms with Crippen molar-refractivity contribution in [2.45, 2.75) is 31.8 Å². The van der Waals surface area contributed by atoms with E-state index in [1.807, 2.05) is 23.6 Å². The zero-order valence-corrected chi connectivity index (χ0v) is 14.9. The number of H-pyrrole nitrogens is 1. The second-order valence-electron chi connectivity index (χ2n) is 6.77. The van der Waals surface area contributed by atoms with Crippen LogP contribution in [-0.2, 0) is 11.3 Å². The lowest BCUT2D eigenvalue weighted by molar-refractivity contribution is 0.0155. The first-order valence-corrected chi connectivity index (χ1v) is 9.83. The van der Waals surface area contributed by atoms with Crippen molar-refractivity contribution in [2.75, 3.05) is 39.4 Å². The number of hydrogen-bond acceptors (Lipinski definition) is 5. The lowest BCUT2D eigenvalue weighted by Crippen LogP contribution is -2.48. The van der Waals surface area contributed by atoms with E-state index in [9.17, 15) is 0 Å². The summed E-state index contributed by atoms with van der Waals surface area (Å²) < 4.78 is 5.49. The summed E-state index contributed by atoms with van der Waals surface area (Å²) in [6.07, 6.45) is 5.85. The molecule has 2 aliphatic rings. The molecule has 4 heterocycles. The second-order valence-corrected chi connectivity index (χ2v) is 7.94. The van der Waals surface area contributed by atoms with Gasteiger partial charge in [-0.1, -0.05) is 6.42 Å². The fourth-order valence-electron chi connectivity index (χ4n) is 3.76. The first kappa shape index (κ1) is 16.3. The Morgan fingerprint density at radius 2 is 2.08 bits per heavy atom. The molecule has 2 aromatic rings. The highest BCUT2D eigenvalue weighted by atomic mass is 32.1. The zero-order chi connectivity index (χ0) is 16.2. The first-order chi connectivity index (χ1) is 11.9. The molecular formula is C18H26N4OS. The van der Waals surface area contributed by atoms with Gasteiger partial charge in [0.2, 0.25) is 0 Å². The highest BCUT2D eigenvalue weighted by Crippen LogP contribution is 2.29. The van der Waals surface area contributed by atoms with Gasteiger partial charge in [0, 0.05) is 43.3 Å². The summed E-state index contributed by atoms with van der Waals surface area (Å²) in [6.45, 7) is 7.47. The number of nitrogens with zero attached hydrogens (tertiary/aromatic N) is 3. The number of nitrogens with one attached hydrogen (secondary N) is 1. The minimum Gasteiger partial charge on any atom is -0.379 e. The van der Waals surface area contributed by atoms with Crippen LogP contribution in [0.5, 0.6) is 0 Å². The average molecular weight is 346 g/mol. The van der Waals surface area contributed by atoms with E-state index >= 15 is 0 Å². The topological polar surface area (TPSA) is 44.4 Å². The maximum absolute atomic E-state index is 5.49. The van der Waals surface area contributed by atoms with Gasteiger partial charge in [-0.3, -0.25) is 14.9 Å². The minimum absolute atomic E-state index is 0.689. The summed E-state index contributed by atoms with van der Waals surface area (Å²) in [6, 6.07) is 7.22. The molecule has 4 rings (SSSR count). The molecule has 1 atom stereocenters. The van der Waals surface area contributed by atoms with Gasteiger partial charge in [-0.25, -0.2) is 0 Å². The van der Waals surface area contributed by atoms with Crippen LogP contribution in [0.2, 0.25) is 0 Å². The maximum Gasteiger partial charge on any atom is 0.0749 e. The van der Waals surface area contributed by atoms with Crippen molar-refractivity contribution >= 4 is 11.3 Å². The zero-order valence-electron chi connectivity index (χ0n) is 14.1. The average Bonchev–Trinajstić information content (AvgIpc) is 3.29. The van der Waals surface area contributed by atoms with Crippen LogP contribution in [-0.4, -0.2) is 65.4 Å². The van der Waals surface area contributed by atoms with Crippen LogP contribution >= 0.6 is 11.3 Å². The Hall–Kier alpha value is -1.21. The fourth-order valence-corrected chi connectivity index (χ4v) is 4.77. The largest absolute Gasteiger partial charge is 0.379 e. The van der Waals surface area contributed by atoms with Crippen molar-refractivity contribution in [3.8, 4) is 10.6 Å². The van der Waals surface area contributed by atoms with E-state index < -0.39 is 0 Å². The Kier molecular flexibility index (Phi) is 5.27. The molecule has 1 unspecified atom stereocenters. The highest BCUT2D eigenvalue weighted by Gasteiger charge is 2.25. The van der Waals surface area contributed by atoms with Crippen molar-refractivity contribution in [3.63, 3.8) is 0 Å². The number of ether oxygens (including phenoxy) is 1. The normalized spacial score (nSPS) is 23.6. The summed E-state index contributed by atoms with van der Waals surface area (Å²) >= 11 is 1.89. The van der Waals surface area contributed by atoms with Gasteiger partial charge < -0.3 is 4.74 Å². The molecule has 130 valence electrons. The number of aromatic amines is 1. The van der Waals surface area contributed by atoms with Gasteiger partial charge in [0.25, 0.3) is 0 Å². The highest BCUT2D eigenvalue weighted by molar-refractivity contribution is 7.15.